The van der Waals surface area contributed by atoms with Gasteiger partial charge in [-0.15, -0.1) is 11.3 Å². The fourth-order valence-electron chi connectivity index (χ4n) is 2.80. The topological polar surface area (TPSA) is 32.3 Å². The molecule has 21 heavy (non-hydrogen) atoms. The number of nitrogens with one attached hydrogen (secondary N) is 1. The SMILES string of the molecule is Cc1ccc(NC(=O)N2CCC[C@@H]2c2cccs2)cc1C. The second-order valence-electron chi connectivity index (χ2n) is 5.60. The summed E-state index contributed by atoms with van der Waals surface area (Å²) >= 11 is 1.73. The Morgan fingerprint density at radius 3 is 2.86 bits per heavy atom. The third-order valence-electron chi connectivity index (χ3n) is 4.14. The normalized spacial score (nSPS) is 18.0. The molecule has 0 radical (unpaired) electrons. The van der Waals surface area contributed by atoms with Gasteiger partial charge < -0.3 is 10.2 Å². The first-order valence-electron chi connectivity index (χ1n) is 7.33. The first kappa shape index (κ1) is 14.1. The molecule has 1 aliphatic rings. The summed E-state index contributed by atoms with van der Waals surface area (Å²) in [5, 5.41) is 5.11. The zero-order chi connectivity index (χ0) is 14.8. The number of hydrogen-bond acceptors (Lipinski definition) is 2. The lowest BCUT2D eigenvalue weighted by atomic mass is 10.1. The molecule has 1 N–H and O–H groups in total. The smallest absolute Gasteiger partial charge is 0.317 e. The van der Waals surface area contributed by atoms with Crippen LogP contribution < -0.4 is 5.32 Å². The number of carbonyl (C=O) groups is 1. The molecule has 2 aromatic rings. The van der Waals surface area contributed by atoms with Gasteiger partial charge in [-0.3, -0.25) is 0 Å². The molecular weight excluding hydrogens is 280 g/mol. The number of carbonyl (C=O) groups excluding carboxylic acids is 1. The van der Waals surface area contributed by atoms with E-state index in [1.165, 1.54) is 16.0 Å². The summed E-state index contributed by atoms with van der Waals surface area (Å²) in [4.78, 5) is 15.8. The number of benzene rings is 1. The van der Waals surface area contributed by atoms with E-state index in [0.29, 0.717) is 0 Å². The molecule has 1 aliphatic heterocycles. The molecule has 110 valence electrons. The molecule has 0 bridgehead atoms. The molecule has 4 heteroatoms. The molecule has 3 rings (SSSR count). The third-order valence-corrected chi connectivity index (χ3v) is 5.12. The van der Waals surface area contributed by atoms with Crippen molar-refractivity contribution in [2.24, 2.45) is 0 Å². The standard InChI is InChI=1S/C17H20N2OS/c1-12-7-8-14(11-13(12)2)18-17(20)19-9-3-5-15(19)16-6-4-10-21-16/h4,6-8,10-11,15H,3,5,9H2,1-2H3,(H,18,20)/t15-/m1/s1. The monoisotopic (exact) mass is 300 g/mol. The number of nitrogens with zero attached hydrogens (tertiary/aromatic N) is 1. The van der Waals surface area contributed by atoms with Gasteiger partial charge in [-0.2, -0.15) is 0 Å². The van der Waals surface area contributed by atoms with Crippen molar-refractivity contribution in [2.75, 3.05) is 11.9 Å². The quantitative estimate of drug-likeness (QED) is 0.854. The van der Waals surface area contributed by atoms with E-state index in [1.807, 2.05) is 23.1 Å². The van der Waals surface area contributed by atoms with E-state index < -0.39 is 0 Å². The molecule has 2 heterocycles. The van der Waals surface area contributed by atoms with Crippen LogP contribution in [0.1, 0.15) is 34.9 Å². The fraction of sp³-hybridized carbons (Fsp3) is 0.353. The number of amides is 2. The van der Waals surface area contributed by atoms with Gasteiger partial charge in [-0.1, -0.05) is 12.1 Å². The number of likely N-dealkylation sites (tertiary alicyclic amines) is 1. The highest BCUT2D eigenvalue weighted by Gasteiger charge is 2.30. The minimum atomic E-state index is 0.00848. The first-order chi connectivity index (χ1) is 10.1. The molecule has 1 fully saturated rings. The third kappa shape index (κ3) is 2.95. The van der Waals surface area contributed by atoms with Gasteiger partial charge in [0.1, 0.15) is 0 Å². The van der Waals surface area contributed by atoms with Crippen molar-refractivity contribution in [3.63, 3.8) is 0 Å². The summed E-state index contributed by atoms with van der Waals surface area (Å²) < 4.78 is 0. The van der Waals surface area contributed by atoms with Gasteiger partial charge in [0.2, 0.25) is 0 Å². The van der Waals surface area contributed by atoms with Crippen LogP contribution in [0.5, 0.6) is 0 Å². The van der Waals surface area contributed by atoms with Crippen LogP contribution in [-0.4, -0.2) is 17.5 Å². The molecule has 0 unspecified atom stereocenters. The maximum absolute atomic E-state index is 12.5. The maximum atomic E-state index is 12.5. The molecule has 1 aromatic heterocycles. The van der Waals surface area contributed by atoms with E-state index in [-0.39, 0.29) is 12.1 Å². The van der Waals surface area contributed by atoms with Gasteiger partial charge in [0.25, 0.3) is 0 Å². The predicted octanol–water partition coefficient (Wildman–Crippen LogP) is 4.73. The largest absolute Gasteiger partial charge is 0.322 e. The summed E-state index contributed by atoms with van der Waals surface area (Å²) in [5.74, 6) is 0. The number of aryl methyl sites for hydroxylation is 2. The zero-order valence-electron chi connectivity index (χ0n) is 12.4. The molecule has 1 aromatic carbocycles. The van der Waals surface area contributed by atoms with Crippen LogP contribution in [0.4, 0.5) is 10.5 Å². The minimum Gasteiger partial charge on any atom is -0.317 e. The van der Waals surface area contributed by atoms with Gasteiger partial charge in [-0.25, -0.2) is 4.79 Å². The molecule has 0 aliphatic carbocycles. The molecule has 2 amide bonds. The lowest BCUT2D eigenvalue weighted by Gasteiger charge is -2.24. The van der Waals surface area contributed by atoms with Gasteiger partial charge in [0, 0.05) is 17.1 Å². The van der Waals surface area contributed by atoms with Crippen molar-refractivity contribution < 1.29 is 4.79 Å². The highest BCUT2D eigenvalue weighted by Crippen LogP contribution is 2.34. The summed E-state index contributed by atoms with van der Waals surface area (Å²) in [6, 6.07) is 10.5. The molecule has 1 saturated heterocycles. The number of rotatable bonds is 2. The Morgan fingerprint density at radius 1 is 1.29 bits per heavy atom. The molecule has 0 saturated carbocycles. The second-order valence-corrected chi connectivity index (χ2v) is 6.58. The van der Waals surface area contributed by atoms with Gasteiger partial charge in [0.15, 0.2) is 0 Å². The van der Waals surface area contributed by atoms with Crippen molar-refractivity contribution in [3.05, 3.63) is 51.7 Å². The highest BCUT2D eigenvalue weighted by molar-refractivity contribution is 7.10. The van der Waals surface area contributed by atoms with Crippen LogP contribution in [-0.2, 0) is 0 Å². The molecule has 1 atom stereocenters. The summed E-state index contributed by atoms with van der Waals surface area (Å²) in [6.45, 7) is 4.97. The van der Waals surface area contributed by atoms with Crippen molar-refractivity contribution in [2.45, 2.75) is 32.7 Å². The van der Waals surface area contributed by atoms with E-state index >= 15 is 0 Å². The highest BCUT2D eigenvalue weighted by atomic mass is 32.1. The van der Waals surface area contributed by atoms with E-state index in [4.69, 9.17) is 0 Å². The maximum Gasteiger partial charge on any atom is 0.322 e. The van der Waals surface area contributed by atoms with E-state index in [1.54, 1.807) is 11.3 Å². The van der Waals surface area contributed by atoms with Crippen molar-refractivity contribution in [1.82, 2.24) is 4.90 Å². The van der Waals surface area contributed by atoms with Crippen LogP contribution in [0.3, 0.4) is 0 Å². The van der Waals surface area contributed by atoms with Gasteiger partial charge >= 0.3 is 6.03 Å². The van der Waals surface area contributed by atoms with Crippen molar-refractivity contribution in [3.8, 4) is 0 Å². The van der Waals surface area contributed by atoms with E-state index in [0.717, 1.165) is 25.1 Å². The summed E-state index contributed by atoms with van der Waals surface area (Å²) in [7, 11) is 0. The van der Waals surface area contributed by atoms with Gasteiger partial charge in [0.05, 0.1) is 6.04 Å². The minimum absolute atomic E-state index is 0.00848. The fourth-order valence-corrected chi connectivity index (χ4v) is 3.67. The number of hydrogen-bond donors (Lipinski definition) is 1. The van der Waals surface area contributed by atoms with Crippen LogP contribution >= 0.6 is 11.3 Å². The predicted molar refractivity (Wildman–Crippen MR) is 87.9 cm³/mol. The average molecular weight is 300 g/mol. The van der Waals surface area contributed by atoms with Gasteiger partial charge in [-0.05, 0) is 61.4 Å². The average Bonchev–Trinajstić information content (AvgIpc) is 3.12. The van der Waals surface area contributed by atoms with Crippen LogP contribution in [0.2, 0.25) is 0 Å². The first-order valence-corrected chi connectivity index (χ1v) is 8.21. The van der Waals surface area contributed by atoms with Crippen LogP contribution in [0.25, 0.3) is 0 Å². The Morgan fingerprint density at radius 2 is 2.14 bits per heavy atom. The van der Waals surface area contributed by atoms with E-state index in [2.05, 4.69) is 36.7 Å². The Kier molecular flexibility index (Phi) is 3.97. The second kappa shape index (κ2) is 5.90. The molecule has 3 nitrogen and oxygen atoms in total. The molecule has 0 spiro atoms. The Bertz CT molecular complexity index is 636. The van der Waals surface area contributed by atoms with Crippen LogP contribution in [0, 0.1) is 13.8 Å². The van der Waals surface area contributed by atoms with Crippen LogP contribution in [0.15, 0.2) is 35.7 Å². The lowest BCUT2D eigenvalue weighted by Crippen LogP contribution is -2.34. The van der Waals surface area contributed by atoms with E-state index in [9.17, 15) is 4.79 Å². The summed E-state index contributed by atoms with van der Waals surface area (Å²) in [5.41, 5.74) is 3.31. The Balaban J connectivity index is 1.73. The Hall–Kier alpha value is -1.81. The van der Waals surface area contributed by atoms with Crippen molar-refractivity contribution >= 4 is 23.1 Å². The van der Waals surface area contributed by atoms with Crippen molar-refractivity contribution in [1.29, 1.82) is 0 Å². The zero-order valence-corrected chi connectivity index (χ0v) is 13.2. The lowest BCUT2D eigenvalue weighted by molar-refractivity contribution is 0.208. The Labute approximate surface area is 129 Å². The molecular formula is C17H20N2OS. The summed E-state index contributed by atoms with van der Waals surface area (Å²) in [6.07, 6.45) is 2.13. The number of urea groups is 1. The number of anilines is 1. The number of thiophene rings is 1.